The first-order chi connectivity index (χ1) is 10.1. The summed E-state index contributed by atoms with van der Waals surface area (Å²) in [6.07, 6.45) is 7.46. The highest BCUT2D eigenvalue weighted by Crippen LogP contribution is 2.25. The summed E-state index contributed by atoms with van der Waals surface area (Å²) in [5, 5.41) is 0. The third-order valence-corrected chi connectivity index (χ3v) is 4.30. The van der Waals surface area contributed by atoms with E-state index in [9.17, 15) is 4.39 Å². The van der Waals surface area contributed by atoms with Gasteiger partial charge in [0.05, 0.1) is 11.9 Å². The van der Waals surface area contributed by atoms with Crippen LogP contribution in [0.1, 0.15) is 57.7 Å². The van der Waals surface area contributed by atoms with Crippen molar-refractivity contribution in [2.45, 2.75) is 58.0 Å². The molecule has 1 aromatic rings. The van der Waals surface area contributed by atoms with Gasteiger partial charge in [-0.25, -0.2) is 4.39 Å². The highest BCUT2D eigenvalue weighted by molar-refractivity contribution is 5.09. The molecule has 118 valence electrons. The van der Waals surface area contributed by atoms with E-state index in [1.807, 2.05) is 0 Å². The number of hydrogen-bond donors (Lipinski definition) is 1. The van der Waals surface area contributed by atoms with Gasteiger partial charge < -0.3 is 10.6 Å². The fourth-order valence-corrected chi connectivity index (χ4v) is 3.22. The summed E-state index contributed by atoms with van der Waals surface area (Å²) < 4.78 is 12.9. The maximum atomic E-state index is 12.9. The van der Waals surface area contributed by atoms with E-state index in [4.69, 9.17) is 5.73 Å². The first-order valence-corrected chi connectivity index (χ1v) is 8.17. The topological polar surface area (TPSA) is 42.1 Å². The van der Waals surface area contributed by atoms with Crippen molar-refractivity contribution in [3.63, 3.8) is 0 Å². The molecule has 21 heavy (non-hydrogen) atoms. The van der Waals surface area contributed by atoms with E-state index in [0.717, 1.165) is 31.2 Å². The molecule has 1 atom stereocenters. The van der Waals surface area contributed by atoms with Crippen LogP contribution in [0.2, 0.25) is 0 Å². The summed E-state index contributed by atoms with van der Waals surface area (Å²) in [6.45, 7) is 6.67. The molecular formula is C17H28FN3. The number of nitrogens with two attached hydrogens (primary N) is 1. The van der Waals surface area contributed by atoms with Gasteiger partial charge in [0.1, 0.15) is 5.82 Å². The minimum absolute atomic E-state index is 0.110. The number of halogens is 1. The predicted molar refractivity (Wildman–Crippen MR) is 84.4 cm³/mol. The third-order valence-electron chi connectivity index (χ3n) is 4.30. The van der Waals surface area contributed by atoms with Gasteiger partial charge in [-0.15, -0.1) is 0 Å². The smallest absolute Gasteiger partial charge is 0.141 e. The first kappa shape index (κ1) is 16.4. The zero-order chi connectivity index (χ0) is 15.2. The monoisotopic (exact) mass is 293 g/mol. The van der Waals surface area contributed by atoms with Gasteiger partial charge >= 0.3 is 0 Å². The summed E-state index contributed by atoms with van der Waals surface area (Å²) in [5.41, 5.74) is 7.00. The average molecular weight is 293 g/mol. The Morgan fingerprint density at radius 3 is 2.62 bits per heavy atom. The lowest BCUT2D eigenvalue weighted by Gasteiger charge is -2.31. The molecule has 0 amide bonds. The summed E-state index contributed by atoms with van der Waals surface area (Å²) in [5.74, 6) is 0.365. The van der Waals surface area contributed by atoms with E-state index in [1.165, 1.54) is 37.9 Å². The van der Waals surface area contributed by atoms with Gasteiger partial charge in [-0.05, 0) is 37.3 Å². The number of hydrogen-bond acceptors (Lipinski definition) is 3. The highest BCUT2D eigenvalue weighted by atomic mass is 19.1. The molecule has 2 rings (SSSR count). The molecule has 1 aliphatic rings. The zero-order valence-corrected chi connectivity index (χ0v) is 13.3. The number of aromatic nitrogens is 1. The maximum Gasteiger partial charge on any atom is 0.141 e. The van der Waals surface area contributed by atoms with E-state index in [0.29, 0.717) is 5.92 Å². The molecule has 1 unspecified atom stereocenters. The standard InChI is InChI=1S/C17H28FN3/c1-13(2)12-21(15-5-3-4-6-15)10-9-16(19)17-8-7-14(18)11-20-17/h7-8,11,13,15-16H,3-6,9-10,12,19H2,1-2H3. The number of nitrogens with zero attached hydrogens (tertiary/aromatic N) is 2. The van der Waals surface area contributed by atoms with Crippen LogP contribution in [0, 0.1) is 11.7 Å². The molecule has 1 heterocycles. The molecule has 0 spiro atoms. The second-order valence-electron chi connectivity index (χ2n) is 6.62. The fourth-order valence-electron chi connectivity index (χ4n) is 3.22. The molecule has 0 saturated heterocycles. The van der Waals surface area contributed by atoms with Crippen molar-refractivity contribution in [1.82, 2.24) is 9.88 Å². The van der Waals surface area contributed by atoms with Crippen LogP contribution in [0.4, 0.5) is 4.39 Å². The maximum absolute atomic E-state index is 12.9. The molecule has 4 heteroatoms. The summed E-state index contributed by atoms with van der Waals surface area (Å²) in [4.78, 5) is 6.69. The van der Waals surface area contributed by atoms with Crippen LogP contribution in [0.25, 0.3) is 0 Å². The second-order valence-corrected chi connectivity index (χ2v) is 6.62. The van der Waals surface area contributed by atoms with E-state index < -0.39 is 0 Å². The van der Waals surface area contributed by atoms with E-state index >= 15 is 0 Å². The number of pyridine rings is 1. The Morgan fingerprint density at radius 1 is 1.33 bits per heavy atom. The molecule has 3 nitrogen and oxygen atoms in total. The fraction of sp³-hybridized carbons (Fsp3) is 0.706. The van der Waals surface area contributed by atoms with Gasteiger partial charge in [-0.2, -0.15) is 0 Å². The Kier molecular flexibility index (Phi) is 6.12. The van der Waals surface area contributed by atoms with Crippen molar-refractivity contribution in [2.75, 3.05) is 13.1 Å². The summed E-state index contributed by atoms with van der Waals surface area (Å²) in [7, 11) is 0. The van der Waals surface area contributed by atoms with Crippen molar-refractivity contribution >= 4 is 0 Å². The van der Waals surface area contributed by atoms with E-state index in [1.54, 1.807) is 6.07 Å². The van der Waals surface area contributed by atoms with Crippen molar-refractivity contribution in [2.24, 2.45) is 11.7 Å². The lowest BCUT2D eigenvalue weighted by atomic mass is 10.1. The van der Waals surface area contributed by atoms with Gasteiger partial charge in [0.2, 0.25) is 0 Å². The highest BCUT2D eigenvalue weighted by Gasteiger charge is 2.23. The molecule has 1 aliphatic carbocycles. The Hall–Kier alpha value is -1.00. The van der Waals surface area contributed by atoms with Crippen LogP contribution in [0.3, 0.4) is 0 Å². The quantitative estimate of drug-likeness (QED) is 0.836. The number of rotatable bonds is 7. The van der Waals surface area contributed by atoms with Crippen LogP contribution < -0.4 is 5.73 Å². The SMILES string of the molecule is CC(C)CN(CCC(N)c1ccc(F)cn1)C1CCCC1. The lowest BCUT2D eigenvalue weighted by molar-refractivity contribution is 0.171. The van der Waals surface area contributed by atoms with Crippen molar-refractivity contribution in [3.05, 3.63) is 29.8 Å². The predicted octanol–water partition coefficient (Wildman–Crippen LogP) is 3.51. The van der Waals surface area contributed by atoms with Crippen LogP contribution in [-0.2, 0) is 0 Å². The van der Waals surface area contributed by atoms with E-state index in [2.05, 4.69) is 23.7 Å². The van der Waals surface area contributed by atoms with Crippen LogP contribution >= 0.6 is 0 Å². The van der Waals surface area contributed by atoms with Crippen molar-refractivity contribution in [3.8, 4) is 0 Å². The Balaban J connectivity index is 1.89. The molecule has 0 aromatic carbocycles. The Morgan fingerprint density at radius 2 is 2.05 bits per heavy atom. The molecule has 1 fully saturated rings. The Bertz CT molecular complexity index is 413. The average Bonchev–Trinajstić information content (AvgIpc) is 2.97. The van der Waals surface area contributed by atoms with Gasteiger partial charge in [-0.1, -0.05) is 26.7 Å². The zero-order valence-electron chi connectivity index (χ0n) is 13.3. The van der Waals surface area contributed by atoms with E-state index in [-0.39, 0.29) is 11.9 Å². The van der Waals surface area contributed by atoms with Crippen LogP contribution in [0.5, 0.6) is 0 Å². The molecular weight excluding hydrogens is 265 g/mol. The van der Waals surface area contributed by atoms with Gasteiger partial charge in [0, 0.05) is 25.2 Å². The minimum atomic E-state index is -0.307. The van der Waals surface area contributed by atoms with Crippen LogP contribution in [-0.4, -0.2) is 29.0 Å². The first-order valence-electron chi connectivity index (χ1n) is 8.17. The Labute approximate surface area is 127 Å². The molecule has 1 aromatic heterocycles. The second kappa shape index (κ2) is 7.85. The summed E-state index contributed by atoms with van der Waals surface area (Å²) >= 11 is 0. The largest absolute Gasteiger partial charge is 0.323 e. The van der Waals surface area contributed by atoms with Crippen molar-refractivity contribution in [1.29, 1.82) is 0 Å². The molecule has 2 N–H and O–H groups in total. The minimum Gasteiger partial charge on any atom is -0.323 e. The van der Waals surface area contributed by atoms with Crippen LogP contribution in [0.15, 0.2) is 18.3 Å². The molecule has 0 aliphatic heterocycles. The molecule has 0 bridgehead atoms. The van der Waals surface area contributed by atoms with Gasteiger partial charge in [0.15, 0.2) is 0 Å². The lowest BCUT2D eigenvalue weighted by Crippen LogP contribution is -2.38. The molecule has 1 saturated carbocycles. The van der Waals surface area contributed by atoms with Gasteiger partial charge in [-0.3, -0.25) is 4.98 Å². The normalized spacial score (nSPS) is 17.8. The molecule has 0 radical (unpaired) electrons. The summed E-state index contributed by atoms with van der Waals surface area (Å²) in [6, 6.07) is 3.75. The van der Waals surface area contributed by atoms with Gasteiger partial charge in [0.25, 0.3) is 0 Å². The van der Waals surface area contributed by atoms with Crippen molar-refractivity contribution < 1.29 is 4.39 Å². The third kappa shape index (κ3) is 5.04.